The third-order valence-electron chi connectivity index (χ3n) is 1.71. The number of ether oxygens (including phenoxy) is 1. The maximum atomic E-state index is 11.4. The molecule has 4 heteroatoms. The van der Waals surface area contributed by atoms with E-state index < -0.39 is 5.97 Å². The highest BCUT2D eigenvalue weighted by Crippen LogP contribution is 2.01. The number of methoxy groups -OCH3 is 1. The van der Waals surface area contributed by atoms with Gasteiger partial charge in [-0.15, -0.1) is 6.58 Å². The Labute approximate surface area is 78.2 Å². The second-order valence-electron chi connectivity index (χ2n) is 2.79. The maximum Gasteiger partial charge on any atom is 0.325 e. The molecule has 0 aliphatic heterocycles. The predicted molar refractivity (Wildman–Crippen MR) is 49.0 cm³/mol. The lowest BCUT2D eigenvalue weighted by molar-refractivity contribution is -0.146. The first-order valence-electron chi connectivity index (χ1n) is 3.97. The van der Waals surface area contributed by atoms with E-state index in [0.29, 0.717) is 0 Å². The van der Waals surface area contributed by atoms with E-state index in [-0.39, 0.29) is 18.4 Å². The summed E-state index contributed by atoms with van der Waals surface area (Å²) in [5, 5.41) is 0. The van der Waals surface area contributed by atoms with E-state index in [4.69, 9.17) is 0 Å². The van der Waals surface area contributed by atoms with Crippen molar-refractivity contribution in [3.8, 4) is 0 Å². The van der Waals surface area contributed by atoms with Crippen LogP contribution in [0.25, 0.3) is 0 Å². The van der Waals surface area contributed by atoms with Crippen molar-refractivity contribution in [2.24, 2.45) is 5.92 Å². The normalized spacial score (nSPS) is 11.6. The van der Waals surface area contributed by atoms with Crippen LogP contribution in [0.3, 0.4) is 0 Å². The summed E-state index contributed by atoms with van der Waals surface area (Å²) in [6.07, 6.45) is 1.54. The van der Waals surface area contributed by atoms with Crippen molar-refractivity contribution in [3.63, 3.8) is 0 Å². The van der Waals surface area contributed by atoms with Gasteiger partial charge < -0.3 is 9.64 Å². The number of nitrogens with zero attached hydrogens (tertiary/aromatic N) is 1. The first-order valence-corrected chi connectivity index (χ1v) is 3.97. The Kier molecular flexibility index (Phi) is 4.80. The minimum absolute atomic E-state index is 0.0203. The average molecular weight is 185 g/mol. The van der Waals surface area contributed by atoms with Gasteiger partial charge in [-0.2, -0.15) is 0 Å². The molecule has 0 spiro atoms. The van der Waals surface area contributed by atoms with Crippen LogP contribution in [0.4, 0.5) is 0 Å². The molecule has 0 aromatic rings. The third-order valence-corrected chi connectivity index (χ3v) is 1.71. The molecule has 0 N–H and O–H groups in total. The Morgan fingerprint density at radius 2 is 2.15 bits per heavy atom. The van der Waals surface area contributed by atoms with E-state index in [1.54, 1.807) is 14.0 Å². The number of hydrogen-bond donors (Lipinski definition) is 0. The topological polar surface area (TPSA) is 46.6 Å². The van der Waals surface area contributed by atoms with Crippen LogP contribution in [0.15, 0.2) is 12.7 Å². The molecule has 0 aliphatic rings. The summed E-state index contributed by atoms with van der Waals surface area (Å²) in [7, 11) is 2.84. The molecular formula is C9H15NO3. The molecule has 0 saturated carbocycles. The van der Waals surface area contributed by atoms with Crippen LogP contribution >= 0.6 is 0 Å². The summed E-state index contributed by atoms with van der Waals surface area (Å²) in [6.45, 7) is 5.20. The predicted octanol–water partition coefficient (Wildman–Crippen LogP) is 0.440. The van der Waals surface area contributed by atoms with Gasteiger partial charge in [-0.05, 0) is 0 Å². The van der Waals surface area contributed by atoms with Gasteiger partial charge in [0.25, 0.3) is 0 Å². The monoisotopic (exact) mass is 185 g/mol. The summed E-state index contributed by atoms with van der Waals surface area (Å²) in [5.74, 6) is -0.831. The number of amides is 1. The van der Waals surface area contributed by atoms with Crippen LogP contribution in [-0.4, -0.2) is 37.5 Å². The lowest BCUT2D eigenvalue weighted by atomic mass is 10.1. The Morgan fingerprint density at radius 3 is 2.54 bits per heavy atom. The number of carbonyl (C=O) groups is 2. The van der Waals surface area contributed by atoms with Crippen LogP contribution in [-0.2, 0) is 14.3 Å². The summed E-state index contributed by atoms with van der Waals surface area (Å²) in [4.78, 5) is 23.5. The molecule has 1 unspecified atom stereocenters. The van der Waals surface area contributed by atoms with Crippen molar-refractivity contribution in [3.05, 3.63) is 12.7 Å². The second kappa shape index (κ2) is 5.35. The number of carbonyl (C=O) groups excluding carboxylic acids is 2. The highest BCUT2D eigenvalue weighted by atomic mass is 16.5. The zero-order valence-corrected chi connectivity index (χ0v) is 8.24. The van der Waals surface area contributed by atoms with E-state index in [0.717, 1.165) is 0 Å². The van der Waals surface area contributed by atoms with Gasteiger partial charge >= 0.3 is 5.97 Å². The Morgan fingerprint density at radius 1 is 1.62 bits per heavy atom. The third kappa shape index (κ3) is 3.73. The number of likely N-dealkylation sites (N-methyl/N-ethyl adjacent to an activating group) is 1. The second-order valence-corrected chi connectivity index (χ2v) is 2.79. The van der Waals surface area contributed by atoms with Gasteiger partial charge in [-0.1, -0.05) is 13.0 Å². The van der Waals surface area contributed by atoms with Gasteiger partial charge in [0.1, 0.15) is 6.54 Å². The highest BCUT2D eigenvalue weighted by Gasteiger charge is 2.16. The van der Waals surface area contributed by atoms with Crippen molar-refractivity contribution < 1.29 is 14.3 Å². The zero-order chi connectivity index (χ0) is 10.4. The van der Waals surface area contributed by atoms with Crippen molar-refractivity contribution in [2.45, 2.75) is 6.92 Å². The molecule has 0 bridgehead atoms. The molecule has 1 atom stereocenters. The van der Waals surface area contributed by atoms with Gasteiger partial charge in [0.2, 0.25) is 5.91 Å². The Hall–Kier alpha value is -1.32. The van der Waals surface area contributed by atoms with Crippen molar-refractivity contribution in [2.75, 3.05) is 20.7 Å². The van der Waals surface area contributed by atoms with Crippen LogP contribution in [0.1, 0.15) is 6.92 Å². The molecule has 0 aromatic heterocycles. The molecule has 0 fully saturated rings. The smallest absolute Gasteiger partial charge is 0.325 e. The summed E-state index contributed by atoms with van der Waals surface area (Å²) >= 11 is 0. The van der Waals surface area contributed by atoms with E-state index >= 15 is 0 Å². The Balaban J connectivity index is 4.10. The fraction of sp³-hybridized carbons (Fsp3) is 0.556. The summed E-state index contributed by atoms with van der Waals surface area (Å²) in [5.41, 5.74) is 0. The van der Waals surface area contributed by atoms with Crippen LogP contribution in [0.2, 0.25) is 0 Å². The molecule has 0 aliphatic carbocycles. The van der Waals surface area contributed by atoms with E-state index in [2.05, 4.69) is 11.3 Å². The van der Waals surface area contributed by atoms with Gasteiger partial charge in [0, 0.05) is 7.05 Å². The minimum Gasteiger partial charge on any atom is -0.468 e. The fourth-order valence-corrected chi connectivity index (χ4v) is 0.785. The zero-order valence-electron chi connectivity index (χ0n) is 8.24. The highest BCUT2D eigenvalue weighted by molar-refractivity contribution is 5.84. The number of esters is 1. The summed E-state index contributed by atoms with van der Waals surface area (Å²) < 4.78 is 4.43. The standard InChI is InChI=1S/C9H15NO3/c1-5-7(2)9(12)10(3)6-8(11)13-4/h5,7H,1,6H2,2-4H3. The molecule has 13 heavy (non-hydrogen) atoms. The van der Waals surface area contributed by atoms with Crippen molar-refractivity contribution >= 4 is 11.9 Å². The number of hydrogen-bond acceptors (Lipinski definition) is 3. The first kappa shape index (κ1) is 11.7. The van der Waals surface area contributed by atoms with Crippen molar-refractivity contribution in [1.29, 1.82) is 0 Å². The quantitative estimate of drug-likeness (QED) is 0.471. The van der Waals surface area contributed by atoms with Crippen LogP contribution < -0.4 is 0 Å². The maximum absolute atomic E-state index is 11.4. The van der Waals surface area contributed by atoms with E-state index in [9.17, 15) is 9.59 Å². The summed E-state index contributed by atoms with van der Waals surface area (Å²) in [6, 6.07) is 0. The molecule has 0 heterocycles. The molecule has 0 aromatic carbocycles. The molecule has 0 rings (SSSR count). The minimum atomic E-state index is -0.424. The SMILES string of the molecule is C=CC(C)C(=O)N(C)CC(=O)OC. The molecule has 74 valence electrons. The fourth-order valence-electron chi connectivity index (χ4n) is 0.785. The number of rotatable bonds is 4. The molecule has 4 nitrogen and oxygen atoms in total. The molecule has 1 amide bonds. The van der Waals surface area contributed by atoms with Crippen molar-refractivity contribution in [1.82, 2.24) is 4.90 Å². The first-order chi connectivity index (χ1) is 6.02. The van der Waals surface area contributed by atoms with Gasteiger partial charge in [0.15, 0.2) is 0 Å². The van der Waals surface area contributed by atoms with Gasteiger partial charge in [-0.25, -0.2) is 0 Å². The molecule has 0 saturated heterocycles. The van der Waals surface area contributed by atoms with E-state index in [1.165, 1.54) is 18.1 Å². The van der Waals surface area contributed by atoms with E-state index in [1.807, 2.05) is 0 Å². The molecule has 0 radical (unpaired) electrons. The Bertz CT molecular complexity index is 213. The van der Waals surface area contributed by atoms with Crippen LogP contribution in [0.5, 0.6) is 0 Å². The molecular weight excluding hydrogens is 170 g/mol. The van der Waals surface area contributed by atoms with Gasteiger partial charge in [0.05, 0.1) is 13.0 Å². The lowest BCUT2D eigenvalue weighted by Crippen LogP contribution is -2.35. The van der Waals surface area contributed by atoms with Crippen LogP contribution in [0, 0.1) is 5.92 Å². The largest absolute Gasteiger partial charge is 0.468 e. The lowest BCUT2D eigenvalue weighted by Gasteiger charge is -2.17. The van der Waals surface area contributed by atoms with Gasteiger partial charge in [-0.3, -0.25) is 9.59 Å². The average Bonchev–Trinajstić information content (AvgIpc) is 2.14.